The van der Waals surface area contributed by atoms with Crippen molar-refractivity contribution in [3.8, 4) is 0 Å². The molecule has 2 nitrogen and oxygen atoms in total. The SMILES string of the molecule is Nc1ccc2c(c1)C1(CC1)CN2. The van der Waals surface area contributed by atoms with Crippen LogP contribution in [0.4, 0.5) is 11.4 Å². The molecule has 1 fully saturated rings. The monoisotopic (exact) mass is 160 g/mol. The van der Waals surface area contributed by atoms with Gasteiger partial charge < -0.3 is 11.1 Å². The van der Waals surface area contributed by atoms with E-state index in [1.807, 2.05) is 6.07 Å². The second kappa shape index (κ2) is 1.76. The van der Waals surface area contributed by atoms with E-state index in [1.165, 1.54) is 24.1 Å². The van der Waals surface area contributed by atoms with Crippen LogP contribution in [0.5, 0.6) is 0 Å². The quantitative estimate of drug-likeness (QED) is 0.567. The number of rotatable bonds is 0. The number of hydrogen-bond donors (Lipinski definition) is 2. The topological polar surface area (TPSA) is 38.0 Å². The van der Waals surface area contributed by atoms with Crippen molar-refractivity contribution in [3.63, 3.8) is 0 Å². The van der Waals surface area contributed by atoms with Crippen molar-refractivity contribution in [2.75, 3.05) is 17.6 Å². The summed E-state index contributed by atoms with van der Waals surface area (Å²) in [5.74, 6) is 0. The summed E-state index contributed by atoms with van der Waals surface area (Å²) in [6, 6.07) is 6.19. The van der Waals surface area contributed by atoms with Crippen LogP contribution in [-0.4, -0.2) is 6.54 Å². The first kappa shape index (κ1) is 6.35. The van der Waals surface area contributed by atoms with Gasteiger partial charge in [0.05, 0.1) is 0 Å². The largest absolute Gasteiger partial charge is 0.399 e. The first-order valence-corrected chi connectivity index (χ1v) is 4.44. The van der Waals surface area contributed by atoms with Crippen LogP contribution in [0.25, 0.3) is 0 Å². The van der Waals surface area contributed by atoms with Gasteiger partial charge in [0.25, 0.3) is 0 Å². The molecular formula is C10H12N2. The summed E-state index contributed by atoms with van der Waals surface area (Å²) in [5, 5.41) is 3.42. The molecule has 1 spiro atoms. The van der Waals surface area contributed by atoms with Gasteiger partial charge in [-0.3, -0.25) is 0 Å². The zero-order valence-corrected chi connectivity index (χ0v) is 6.93. The molecule has 1 aromatic carbocycles. The molecule has 0 amide bonds. The minimum Gasteiger partial charge on any atom is -0.399 e. The third-order valence-corrected chi connectivity index (χ3v) is 3.09. The van der Waals surface area contributed by atoms with Gasteiger partial charge in [-0.15, -0.1) is 0 Å². The van der Waals surface area contributed by atoms with Crippen molar-refractivity contribution in [3.05, 3.63) is 23.8 Å². The Morgan fingerprint density at radius 3 is 2.92 bits per heavy atom. The Kier molecular flexibility index (Phi) is 0.932. The summed E-state index contributed by atoms with van der Waals surface area (Å²) >= 11 is 0. The molecule has 1 aliphatic carbocycles. The van der Waals surface area contributed by atoms with Gasteiger partial charge in [0.1, 0.15) is 0 Å². The lowest BCUT2D eigenvalue weighted by Crippen LogP contribution is -2.08. The summed E-state index contributed by atoms with van der Waals surface area (Å²) in [5.41, 5.74) is 9.86. The van der Waals surface area contributed by atoms with Crippen LogP contribution in [0.2, 0.25) is 0 Å². The molecule has 12 heavy (non-hydrogen) atoms. The third-order valence-electron chi connectivity index (χ3n) is 3.09. The normalized spacial score (nSPS) is 22.0. The van der Waals surface area contributed by atoms with Crippen LogP contribution in [0, 0.1) is 0 Å². The lowest BCUT2D eigenvalue weighted by molar-refractivity contribution is 0.778. The second-order valence-electron chi connectivity index (χ2n) is 3.94. The molecule has 3 N–H and O–H groups in total. The van der Waals surface area contributed by atoms with Crippen LogP contribution in [0.15, 0.2) is 18.2 Å². The summed E-state index contributed by atoms with van der Waals surface area (Å²) < 4.78 is 0. The van der Waals surface area contributed by atoms with E-state index >= 15 is 0 Å². The third kappa shape index (κ3) is 0.649. The van der Waals surface area contributed by atoms with E-state index in [4.69, 9.17) is 5.73 Å². The molecule has 0 saturated heterocycles. The van der Waals surface area contributed by atoms with Gasteiger partial charge in [-0.1, -0.05) is 0 Å². The van der Waals surface area contributed by atoms with Gasteiger partial charge in [-0.25, -0.2) is 0 Å². The molecule has 0 radical (unpaired) electrons. The van der Waals surface area contributed by atoms with Gasteiger partial charge in [0.15, 0.2) is 0 Å². The Balaban J connectivity index is 2.20. The average molecular weight is 160 g/mol. The Morgan fingerprint density at radius 1 is 1.33 bits per heavy atom. The Labute approximate surface area is 71.8 Å². The minimum absolute atomic E-state index is 0.477. The van der Waals surface area contributed by atoms with E-state index in [0.717, 1.165) is 12.2 Å². The van der Waals surface area contributed by atoms with Crippen LogP contribution >= 0.6 is 0 Å². The van der Waals surface area contributed by atoms with E-state index < -0.39 is 0 Å². The van der Waals surface area contributed by atoms with Gasteiger partial charge in [0, 0.05) is 23.3 Å². The Morgan fingerprint density at radius 2 is 2.17 bits per heavy atom. The van der Waals surface area contributed by atoms with E-state index in [9.17, 15) is 0 Å². The zero-order chi connectivity index (χ0) is 8.18. The highest BCUT2D eigenvalue weighted by Gasteiger charge is 2.48. The molecule has 3 rings (SSSR count). The summed E-state index contributed by atoms with van der Waals surface area (Å²) in [6.07, 6.45) is 2.66. The van der Waals surface area contributed by atoms with Crippen molar-refractivity contribution < 1.29 is 0 Å². The molecule has 0 unspecified atom stereocenters. The van der Waals surface area contributed by atoms with E-state index in [-0.39, 0.29) is 0 Å². The maximum Gasteiger partial charge on any atom is 0.0380 e. The van der Waals surface area contributed by atoms with Crippen molar-refractivity contribution >= 4 is 11.4 Å². The molecule has 1 aromatic rings. The number of nitrogens with two attached hydrogens (primary N) is 1. The van der Waals surface area contributed by atoms with E-state index in [2.05, 4.69) is 17.4 Å². The van der Waals surface area contributed by atoms with E-state index in [0.29, 0.717) is 5.41 Å². The minimum atomic E-state index is 0.477. The molecule has 1 saturated carbocycles. The first-order valence-electron chi connectivity index (χ1n) is 4.44. The highest BCUT2D eigenvalue weighted by molar-refractivity contribution is 5.66. The lowest BCUT2D eigenvalue weighted by Gasteiger charge is -2.05. The van der Waals surface area contributed by atoms with Gasteiger partial charge in [-0.2, -0.15) is 0 Å². The first-order chi connectivity index (χ1) is 5.80. The number of nitrogens with one attached hydrogen (secondary N) is 1. The number of anilines is 2. The Hall–Kier alpha value is -1.18. The molecule has 0 aromatic heterocycles. The van der Waals surface area contributed by atoms with Gasteiger partial charge >= 0.3 is 0 Å². The van der Waals surface area contributed by atoms with E-state index in [1.54, 1.807) is 0 Å². The maximum atomic E-state index is 5.75. The maximum absolute atomic E-state index is 5.75. The fourth-order valence-electron chi connectivity index (χ4n) is 2.11. The number of benzene rings is 1. The average Bonchev–Trinajstić information content (AvgIpc) is 2.74. The fraction of sp³-hybridized carbons (Fsp3) is 0.400. The summed E-state index contributed by atoms with van der Waals surface area (Å²) in [6.45, 7) is 1.12. The van der Waals surface area contributed by atoms with Crippen molar-refractivity contribution in [2.24, 2.45) is 0 Å². The highest BCUT2D eigenvalue weighted by atomic mass is 15.0. The van der Waals surface area contributed by atoms with Crippen LogP contribution in [0.1, 0.15) is 18.4 Å². The Bertz CT molecular complexity index is 340. The highest BCUT2D eigenvalue weighted by Crippen LogP contribution is 2.54. The second-order valence-corrected chi connectivity index (χ2v) is 3.94. The van der Waals surface area contributed by atoms with Crippen molar-refractivity contribution in [2.45, 2.75) is 18.3 Å². The molecular weight excluding hydrogens is 148 g/mol. The molecule has 0 bridgehead atoms. The predicted octanol–water partition coefficient (Wildman–Crippen LogP) is 1.73. The smallest absolute Gasteiger partial charge is 0.0380 e. The fourth-order valence-corrected chi connectivity index (χ4v) is 2.11. The van der Waals surface area contributed by atoms with Crippen LogP contribution in [-0.2, 0) is 5.41 Å². The number of hydrogen-bond acceptors (Lipinski definition) is 2. The van der Waals surface area contributed by atoms with Crippen LogP contribution < -0.4 is 11.1 Å². The van der Waals surface area contributed by atoms with Crippen molar-refractivity contribution in [1.29, 1.82) is 0 Å². The zero-order valence-electron chi connectivity index (χ0n) is 6.93. The molecule has 62 valence electrons. The van der Waals surface area contributed by atoms with Gasteiger partial charge in [0.2, 0.25) is 0 Å². The number of fused-ring (bicyclic) bond motifs is 2. The standard InChI is InChI=1S/C10H12N2/c11-7-1-2-9-8(5-7)10(3-4-10)6-12-9/h1-2,5,12H,3-4,6,11H2. The van der Waals surface area contributed by atoms with Crippen molar-refractivity contribution in [1.82, 2.24) is 0 Å². The summed E-state index contributed by atoms with van der Waals surface area (Å²) in [4.78, 5) is 0. The predicted molar refractivity (Wildman–Crippen MR) is 50.3 cm³/mol. The number of nitrogen functional groups attached to an aromatic ring is 1. The molecule has 1 heterocycles. The lowest BCUT2D eigenvalue weighted by atomic mass is 9.98. The molecule has 2 aliphatic rings. The van der Waals surface area contributed by atoms with Gasteiger partial charge in [-0.05, 0) is 36.6 Å². The van der Waals surface area contributed by atoms with Crippen LogP contribution in [0.3, 0.4) is 0 Å². The molecule has 2 heteroatoms. The molecule has 1 aliphatic heterocycles. The summed E-state index contributed by atoms with van der Waals surface area (Å²) in [7, 11) is 0. The molecule has 0 atom stereocenters.